The Labute approximate surface area is 113 Å². The van der Waals surface area contributed by atoms with Crippen molar-refractivity contribution in [3.05, 3.63) is 18.0 Å². The first kappa shape index (κ1) is 14.0. The predicted molar refractivity (Wildman–Crippen MR) is 71.3 cm³/mol. The second-order valence-corrected chi connectivity index (χ2v) is 5.12. The minimum Gasteiger partial charge on any atom is -0.375 e. The van der Waals surface area contributed by atoms with Gasteiger partial charge in [-0.25, -0.2) is 0 Å². The number of nitrogens with two attached hydrogens (primary N) is 1. The molecule has 3 atom stereocenters. The molecule has 3 unspecified atom stereocenters. The van der Waals surface area contributed by atoms with E-state index in [-0.39, 0.29) is 18.1 Å². The fraction of sp³-hybridized carbons (Fsp3) is 0.692. The molecule has 0 aliphatic carbocycles. The van der Waals surface area contributed by atoms with Crippen molar-refractivity contribution < 1.29 is 9.53 Å². The number of hydrogen-bond acceptors (Lipinski definition) is 4. The quantitative estimate of drug-likeness (QED) is 0.862. The van der Waals surface area contributed by atoms with Crippen LogP contribution in [0.2, 0.25) is 0 Å². The van der Waals surface area contributed by atoms with E-state index < -0.39 is 6.04 Å². The van der Waals surface area contributed by atoms with Gasteiger partial charge < -0.3 is 15.4 Å². The number of rotatable bonds is 3. The van der Waals surface area contributed by atoms with Gasteiger partial charge >= 0.3 is 0 Å². The van der Waals surface area contributed by atoms with E-state index >= 15 is 0 Å². The van der Waals surface area contributed by atoms with Crippen LogP contribution in [0.1, 0.15) is 31.9 Å². The van der Waals surface area contributed by atoms with Crippen molar-refractivity contribution in [3.8, 4) is 0 Å². The summed E-state index contributed by atoms with van der Waals surface area (Å²) in [7, 11) is 1.81. The molecule has 0 saturated carbocycles. The maximum absolute atomic E-state index is 12.5. The Hall–Kier alpha value is -1.40. The van der Waals surface area contributed by atoms with Gasteiger partial charge in [0.25, 0.3) is 0 Å². The Morgan fingerprint density at radius 2 is 2.42 bits per heavy atom. The number of aryl methyl sites for hydroxylation is 1. The summed E-state index contributed by atoms with van der Waals surface area (Å²) < 4.78 is 7.25. The van der Waals surface area contributed by atoms with Crippen molar-refractivity contribution in [1.82, 2.24) is 14.7 Å². The molecular formula is C13H22N4O2. The minimum absolute atomic E-state index is 0.0463. The third kappa shape index (κ3) is 2.96. The van der Waals surface area contributed by atoms with E-state index in [1.807, 2.05) is 18.9 Å². The lowest BCUT2D eigenvalue weighted by atomic mass is 10.1. The molecule has 1 aromatic rings. The zero-order chi connectivity index (χ0) is 14.0. The third-order valence-electron chi connectivity index (χ3n) is 3.57. The van der Waals surface area contributed by atoms with Crippen LogP contribution in [0.4, 0.5) is 0 Å². The molecule has 2 heterocycles. The van der Waals surface area contributed by atoms with Gasteiger partial charge in [0.2, 0.25) is 5.91 Å². The molecule has 0 aromatic carbocycles. The second kappa shape index (κ2) is 5.71. The predicted octanol–water partition coefficient (Wildman–Crippen LogP) is 0.446. The van der Waals surface area contributed by atoms with Crippen LogP contribution in [0.3, 0.4) is 0 Å². The van der Waals surface area contributed by atoms with Gasteiger partial charge in [0.05, 0.1) is 24.9 Å². The molecule has 106 valence electrons. The molecular weight excluding hydrogens is 244 g/mol. The molecule has 2 rings (SSSR count). The van der Waals surface area contributed by atoms with Gasteiger partial charge in [-0.15, -0.1) is 0 Å². The van der Waals surface area contributed by atoms with Crippen LogP contribution in [0.25, 0.3) is 0 Å². The fourth-order valence-electron chi connectivity index (χ4n) is 2.37. The smallest absolute Gasteiger partial charge is 0.244 e. The standard InChI is InChI=1S/C13H22N4O2/c1-4-11-8-19-9(2)6-17(11)13(18)12(14)10-5-15-16(3)7-10/h5,7,9,11-12H,4,6,8,14H2,1-3H3. The highest BCUT2D eigenvalue weighted by atomic mass is 16.5. The van der Waals surface area contributed by atoms with E-state index in [2.05, 4.69) is 12.0 Å². The summed E-state index contributed by atoms with van der Waals surface area (Å²) >= 11 is 0. The molecule has 1 aliphatic rings. The Morgan fingerprint density at radius 3 is 3.00 bits per heavy atom. The van der Waals surface area contributed by atoms with E-state index in [0.29, 0.717) is 13.2 Å². The first-order valence-corrected chi connectivity index (χ1v) is 6.69. The number of carbonyl (C=O) groups excluding carboxylic acids is 1. The van der Waals surface area contributed by atoms with Gasteiger partial charge in [0.15, 0.2) is 0 Å². The number of nitrogens with zero attached hydrogens (tertiary/aromatic N) is 3. The zero-order valence-corrected chi connectivity index (χ0v) is 11.7. The molecule has 0 bridgehead atoms. The lowest BCUT2D eigenvalue weighted by molar-refractivity contribution is -0.145. The molecule has 1 saturated heterocycles. The maximum atomic E-state index is 12.5. The Balaban J connectivity index is 2.12. The average molecular weight is 266 g/mol. The molecule has 0 radical (unpaired) electrons. The zero-order valence-electron chi connectivity index (χ0n) is 11.7. The third-order valence-corrected chi connectivity index (χ3v) is 3.57. The first-order chi connectivity index (χ1) is 9.02. The molecule has 6 heteroatoms. The van der Waals surface area contributed by atoms with Crippen LogP contribution >= 0.6 is 0 Å². The molecule has 0 spiro atoms. The lowest BCUT2D eigenvalue weighted by Gasteiger charge is -2.39. The first-order valence-electron chi connectivity index (χ1n) is 6.69. The van der Waals surface area contributed by atoms with Gasteiger partial charge in [-0.1, -0.05) is 6.92 Å². The molecule has 19 heavy (non-hydrogen) atoms. The molecule has 1 fully saturated rings. The van der Waals surface area contributed by atoms with Crippen LogP contribution in [0.5, 0.6) is 0 Å². The van der Waals surface area contributed by atoms with Gasteiger partial charge in [0.1, 0.15) is 6.04 Å². The lowest BCUT2D eigenvalue weighted by Crippen LogP contribution is -2.53. The van der Waals surface area contributed by atoms with Crippen molar-refractivity contribution in [2.45, 2.75) is 38.5 Å². The minimum atomic E-state index is -0.645. The number of amides is 1. The largest absolute Gasteiger partial charge is 0.375 e. The summed E-state index contributed by atoms with van der Waals surface area (Å²) in [5.41, 5.74) is 6.81. The molecule has 1 aromatic heterocycles. The number of ether oxygens (including phenoxy) is 1. The highest BCUT2D eigenvalue weighted by molar-refractivity contribution is 5.83. The van der Waals surface area contributed by atoms with E-state index in [4.69, 9.17) is 10.5 Å². The van der Waals surface area contributed by atoms with Crippen LogP contribution in [-0.2, 0) is 16.6 Å². The summed E-state index contributed by atoms with van der Waals surface area (Å²) in [4.78, 5) is 14.4. The van der Waals surface area contributed by atoms with Crippen molar-refractivity contribution in [1.29, 1.82) is 0 Å². The van der Waals surface area contributed by atoms with Crippen molar-refractivity contribution in [2.75, 3.05) is 13.2 Å². The Bertz CT molecular complexity index is 446. The highest BCUT2D eigenvalue weighted by Gasteiger charge is 2.32. The van der Waals surface area contributed by atoms with Gasteiger partial charge in [-0.05, 0) is 13.3 Å². The van der Waals surface area contributed by atoms with Gasteiger partial charge in [-0.2, -0.15) is 5.10 Å². The van der Waals surface area contributed by atoms with Crippen molar-refractivity contribution >= 4 is 5.91 Å². The maximum Gasteiger partial charge on any atom is 0.244 e. The Kier molecular flexibility index (Phi) is 4.21. The summed E-state index contributed by atoms with van der Waals surface area (Å²) in [5.74, 6) is -0.0463. The van der Waals surface area contributed by atoms with E-state index in [1.54, 1.807) is 17.1 Å². The number of carbonyl (C=O) groups is 1. The van der Waals surface area contributed by atoms with Crippen molar-refractivity contribution in [2.24, 2.45) is 12.8 Å². The monoisotopic (exact) mass is 266 g/mol. The Morgan fingerprint density at radius 1 is 1.68 bits per heavy atom. The molecule has 1 aliphatic heterocycles. The second-order valence-electron chi connectivity index (χ2n) is 5.12. The summed E-state index contributed by atoms with van der Waals surface area (Å²) in [6.45, 7) is 5.22. The SMILES string of the molecule is CCC1COC(C)CN1C(=O)C(N)c1cnn(C)c1. The number of hydrogen-bond donors (Lipinski definition) is 1. The number of aromatic nitrogens is 2. The molecule has 2 N–H and O–H groups in total. The molecule has 6 nitrogen and oxygen atoms in total. The average Bonchev–Trinajstić information content (AvgIpc) is 2.83. The van der Waals surface area contributed by atoms with E-state index in [9.17, 15) is 4.79 Å². The highest BCUT2D eigenvalue weighted by Crippen LogP contribution is 2.20. The summed E-state index contributed by atoms with van der Waals surface area (Å²) in [5, 5.41) is 4.06. The van der Waals surface area contributed by atoms with Crippen LogP contribution in [-0.4, -0.2) is 45.9 Å². The van der Waals surface area contributed by atoms with Gasteiger partial charge in [0, 0.05) is 25.4 Å². The molecule has 1 amide bonds. The van der Waals surface area contributed by atoms with Crippen LogP contribution in [0.15, 0.2) is 12.4 Å². The van der Waals surface area contributed by atoms with E-state index in [0.717, 1.165) is 12.0 Å². The van der Waals surface area contributed by atoms with Gasteiger partial charge in [-0.3, -0.25) is 9.48 Å². The fourth-order valence-corrected chi connectivity index (χ4v) is 2.37. The summed E-state index contributed by atoms with van der Waals surface area (Å²) in [6.07, 6.45) is 4.37. The van der Waals surface area contributed by atoms with E-state index in [1.165, 1.54) is 0 Å². The topological polar surface area (TPSA) is 73.4 Å². The normalized spacial score (nSPS) is 25.4. The van der Waals surface area contributed by atoms with Crippen LogP contribution in [0, 0.1) is 0 Å². The van der Waals surface area contributed by atoms with Crippen LogP contribution < -0.4 is 5.73 Å². The van der Waals surface area contributed by atoms with Crippen molar-refractivity contribution in [3.63, 3.8) is 0 Å². The number of morpholine rings is 1. The summed E-state index contributed by atoms with van der Waals surface area (Å²) in [6, 6.07) is -0.528.